The molecule has 128 valence electrons. The normalized spacial score (nSPS) is 11.0. The summed E-state index contributed by atoms with van der Waals surface area (Å²) in [5.41, 5.74) is 8.29. The van der Waals surface area contributed by atoms with Gasteiger partial charge in [0, 0.05) is 35.9 Å². The van der Waals surface area contributed by atoms with Gasteiger partial charge in [-0.3, -0.25) is 14.9 Å². The van der Waals surface area contributed by atoms with Crippen molar-refractivity contribution in [3.05, 3.63) is 62.1 Å². The van der Waals surface area contributed by atoms with E-state index in [1.54, 1.807) is 7.11 Å². The molecule has 1 aromatic carbocycles. The Morgan fingerprint density at radius 2 is 2.16 bits per heavy atom. The topological polar surface area (TPSA) is 108 Å². The summed E-state index contributed by atoms with van der Waals surface area (Å²) in [6.45, 7) is 2.21. The number of methoxy groups -OCH3 is 1. The molecule has 0 bridgehead atoms. The van der Waals surface area contributed by atoms with Crippen molar-refractivity contribution in [2.45, 2.75) is 13.5 Å². The molecule has 0 aliphatic carbocycles. The second-order valence-corrected chi connectivity index (χ2v) is 6.52. The van der Waals surface area contributed by atoms with E-state index in [2.05, 4.69) is 4.98 Å². The van der Waals surface area contributed by atoms with Gasteiger partial charge in [0.25, 0.3) is 5.69 Å². The number of nitrogen functional groups attached to an aromatic ring is 1. The Balaban J connectivity index is 2.14. The number of hydrogen-bond donors (Lipinski definition) is 1. The first-order chi connectivity index (χ1) is 11.9. The zero-order chi connectivity index (χ0) is 18.1. The first-order valence-corrected chi connectivity index (χ1v) is 8.20. The van der Waals surface area contributed by atoms with Crippen LogP contribution in [0.25, 0.3) is 10.2 Å². The molecule has 0 atom stereocenters. The van der Waals surface area contributed by atoms with Gasteiger partial charge in [-0.15, -0.1) is 11.3 Å². The van der Waals surface area contributed by atoms with Crippen molar-refractivity contribution in [2.75, 3.05) is 12.8 Å². The number of benzene rings is 1. The maximum Gasteiger partial charge on any atom is 0.270 e. The van der Waals surface area contributed by atoms with Gasteiger partial charge in [0.05, 0.1) is 17.2 Å². The molecule has 3 rings (SSSR count). The van der Waals surface area contributed by atoms with Crippen molar-refractivity contribution in [2.24, 2.45) is 0 Å². The van der Waals surface area contributed by atoms with E-state index in [4.69, 9.17) is 10.5 Å². The van der Waals surface area contributed by atoms with Gasteiger partial charge in [0.2, 0.25) is 5.78 Å². The average molecular weight is 357 g/mol. The Morgan fingerprint density at radius 1 is 1.40 bits per heavy atom. The van der Waals surface area contributed by atoms with Gasteiger partial charge in [0.1, 0.15) is 9.71 Å². The van der Waals surface area contributed by atoms with Crippen molar-refractivity contribution in [3.8, 4) is 0 Å². The summed E-state index contributed by atoms with van der Waals surface area (Å²) in [6, 6.07) is 7.48. The molecular formula is C17H15N3O4S. The van der Waals surface area contributed by atoms with Crippen LogP contribution in [0.5, 0.6) is 0 Å². The van der Waals surface area contributed by atoms with Crippen molar-refractivity contribution in [1.82, 2.24) is 4.98 Å². The number of pyridine rings is 1. The smallest absolute Gasteiger partial charge is 0.270 e. The molecule has 8 heteroatoms. The molecule has 0 amide bonds. The molecule has 2 heterocycles. The number of aryl methyl sites for hydroxylation is 1. The Kier molecular flexibility index (Phi) is 4.47. The van der Waals surface area contributed by atoms with Gasteiger partial charge in [-0.05, 0) is 18.6 Å². The van der Waals surface area contributed by atoms with Crippen LogP contribution in [0, 0.1) is 17.0 Å². The average Bonchev–Trinajstić information content (AvgIpc) is 2.91. The lowest BCUT2D eigenvalue weighted by molar-refractivity contribution is -0.384. The fourth-order valence-electron chi connectivity index (χ4n) is 2.67. The number of ketones is 1. The minimum Gasteiger partial charge on any atom is -0.397 e. The predicted octanol–water partition coefficient (Wildman–Crippen LogP) is 3.47. The van der Waals surface area contributed by atoms with Crippen LogP contribution in [0.1, 0.15) is 26.5 Å². The standard InChI is InChI=1S/C17H15N3O4S/c1-9-6-11(8-24-2)13-14(18)16(25-17(13)19-9)15(21)10-4-3-5-12(7-10)20(22)23/h3-7H,8,18H2,1-2H3. The molecule has 0 spiro atoms. The summed E-state index contributed by atoms with van der Waals surface area (Å²) in [6.07, 6.45) is 0. The number of non-ortho nitro benzene ring substituents is 1. The van der Waals surface area contributed by atoms with Crippen molar-refractivity contribution in [1.29, 1.82) is 0 Å². The van der Waals surface area contributed by atoms with Crippen molar-refractivity contribution in [3.63, 3.8) is 0 Å². The lowest BCUT2D eigenvalue weighted by Crippen LogP contribution is -2.03. The quantitative estimate of drug-likeness (QED) is 0.425. The minimum atomic E-state index is -0.535. The molecule has 0 saturated heterocycles. The minimum absolute atomic E-state index is 0.139. The summed E-state index contributed by atoms with van der Waals surface area (Å²) in [7, 11) is 1.58. The molecule has 0 fully saturated rings. The van der Waals surface area contributed by atoms with Crippen LogP contribution in [-0.2, 0) is 11.3 Å². The van der Waals surface area contributed by atoms with Gasteiger partial charge >= 0.3 is 0 Å². The maximum atomic E-state index is 12.8. The van der Waals surface area contributed by atoms with Crippen LogP contribution in [-0.4, -0.2) is 22.8 Å². The molecule has 7 nitrogen and oxygen atoms in total. The summed E-state index contributed by atoms with van der Waals surface area (Å²) < 4.78 is 5.20. The number of thiophene rings is 1. The Labute approximate surface area is 147 Å². The molecule has 2 aromatic heterocycles. The van der Waals surface area contributed by atoms with E-state index in [0.29, 0.717) is 27.4 Å². The highest BCUT2D eigenvalue weighted by Crippen LogP contribution is 2.37. The van der Waals surface area contributed by atoms with Crippen molar-refractivity contribution >= 4 is 38.7 Å². The summed E-state index contributed by atoms with van der Waals surface area (Å²) >= 11 is 1.18. The molecule has 2 N–H and O–H groups in total. The zero-order valence-electron chi connectivity index (χ0n) is 13.6. The molecule has 0 aliphatic heterocycles. The van der Waals surface area contributed by atoms with Crippen molar-refractivity contribution < 1.29 is 14.5 Å². The summed E-state index contributed by atoms with van der Waals surface area (Å²) in [4.78, 5) is 28.6. The third kappa shape index (κ3) is 3.09. The Hall–Kier alpha value is -2.84. The number of nitro benzene ring substituents is 1. The largest absolute Gasteiger partial charge is 0.397 e. The van der Waals surface area contributed by atoms with Crippen LogP contribution in [0.15, 0.2) is 30.3 Å². The third-order valence-corrected chi connectivity index (χ3v) is 4.83. The number of ether oxygens (including phenoxy) is 1. The van der Waals surface area contributed by atoms with E-state index in [9.17, 15) is 14.9 Å². The van der Waals surface area contributed by atoms with E-state index in [1.165, 1.54) is 35.6 Å². The van der Waals surface area contributed by atoms with Crippen LogP contribution in [0.2, 0.25) is 0 Å². The number of hydrogen-bond acceptors (Lipinski definition) is 7. The van der Waals surface area contributed by atoms with Crippen LogP contribution in [0.3, 0.4) is 0 Å². The number of nitro groups is 1. The second-order valence-electron chi connectivity index (χ2n) is 5.52. The molecule has 0 unspecified atom stereocenters. The number of fused-ring (bicyclic) bond motifs is 1. The monoisotopic (exact) mass is 357 g/mol. The van der Waals surface area contributed by atoms with Crippen LogP contribution in [0.4, 0.5) is 11.4 Å². The number of nitrogens with zero attached hydrogens (tertiary/aromatic N) is 2. The fourth-order valence-corrected chi connectivity index (χ4v) is 3.82. The first kappa shape index (κ1) is 17.0. The SMILES string of the molecule is COCc1cc(C)nc2sc(C(=O)c3cccc([N+](=O)[O-])c3)c(N)c12. The van der Waals surface area contributed by atoms with Gasteiger partial charge in [0.15, 0.2) is 0 Å². The molecule has 0 aliphatic rings. The fraction of sp³-hybridized carbons (Fsp3) is 0.176. The summed E-state index contributed by atoms with van der Waals surface area (Å²) in [5.74, 6) is -0.356. The highest BCUT2D eigenvalue weighted by Gasteiger charge is 2.22. The van der Waals surface area contributed by atoms with Gasteiger partial charge in [-0.25, -0.2) is 4.98 Å². The summed E-state index contributed by atoms with van der Waals surface area (Å²) in [5, 5.41) is 11.6. The number of carbonyl (C=O) groups is 1. The number of nitrogens with two attached hydrogens (primary N) is 1. The Morgan fingerprint density at radius 3 is 2.84 bits per heavy atom. The highest BCUT2D eigenvalue weighted by molar-refractivity contribution is 7.21. The zero-order valence-corrected chi connectivity index (χ0v) is 14.4. The van der Waals surface area contributed by atoms with E-state index in [0.717, 1.165) is 11.3 Å². The van der Waals surface area contributed by atoms with E-state index in [-0.39, 0.29) is 17.0 Å². The van der Waals surface area contributed by atoms with Gasteiger partial charge in [-0.1, -0.05) is 12.1 Å². The van der Waals surface area contributed by atoms with Gasteiger partial charge in [-0.2, -0.15) is 0 Å². The highest BCUT2D eigenvalue weighted by atomic mass is 32.1. The molecule has 0 radical (unpaired) electrons. The number of aromatic nitrogens is 1. The number of rotatable bonds is 5. The molecule has 3 aromatic rings. The lowest BCUT2D eigenvalue weighted by Gasteiger charge is -2.05. The lowest BCUT2D eigenvalue weighted by atomic mass is 10.1. The number of anilines is 1. The first-order valence-electron chi connectivity index (χ1n) is 7.39. The van der Waals surface area contributed by atoms with Gasteiger partial charge < -0.3 is 10.5 Å². The number of carbonyl (C=O) groups excluding carboxylic acids is 1. The molecule has 0 saturated carbocycles. The van der Waals surface area contributed by atoms with E-state index < -0.39 is 4.92 Å². The molecular weight excluding hydrogens is 342 g/mol. The Bertz CT molecular complexity index is 997. The van der Waals surface area contributed by atoms with E-state index >= 15 is 0 Å². The predicted molar refractivity (Wildman–Crippen MR) is 96.0 cm³/mol. The van der Waals surface area contributed by atoms with Crippen LogP contribution < -0.4 is 5.73 Å². The third-order valence-electron chi connectivity index (χ3n) is 3.73. The molecule has 25 heavy (non-hydrogen) atoms. The van der Waals surface area contributed by atoms with E-state index in [1.807, 2.05) is 13.0 Å². The van der Waals surface area contributed by atoms with Crippen LogP contribution >= 0.6 is 11.3 Å². The maximum absolute atomic E-state index is 12.8. The second kappa shape index (κ2) is 6.58.